The molecule has 3 N–H and O–H groups in total. The van der Waals surface area contributed by atoms with Crippen molar-refractivity contribution in [1.82, 2.24) is 16.0 Å². The van der Waals surface area contributed by atoms with E-state index in [2.05, 4.69) is 16.0 Å². The molecule has 0 aromatic rings. The maximum absolute atomic E-state index is 12.1. The quantitative estimate of drug-likeness (QED) is 0.662. The summed E-state index contributed by atoms with van der Waals surface area (Å²) in [5, 5.41) is 9.27. The van der Waals surface area contributed by atoms with Gasteiger partial charge < -0.3 is 16.0 Å². The molecular formula is C15H26ClN3O2. The summed E-state index contributed by atoms with van der Waals surface area (Å²) in [5.41, 5.74) is 0. The molecule has 3 rings (SSSR count). The van der Waals surface area contributed by atoms with Crippen molar-refractivity contribution < 1.29 is 9.59 Å². The molecule has 1 heterocycles. The molecule has 2 amide bonds. The molecule has 3 fully saturated rings. The van der Waals surface area contributed by atoms with Crippen LogP contribution < -0.4 is 16.0 Å². The predicted molar refractivity (Wildman–Crippen MR) is 83.3 cm³/mol. The van der Waals surface area contributed by atoms with Gasteiger partial charge in [0.15, 0.2) is 0 Å². The number of amides is 2. The number of carbonyl (C=O) groups excluding carboxylic acids is 2. The fraction of sp³-hybridized carbons (Fsp3) is 0.867. The molecular weight excluding hydrogens is 290 g/mol. The van der Waals surface area contributed by atoms with Crippen LogP contribution in [0.25, 0.3) is 0 Å². The Morgan fingerprint density at radius 2 is 1.62 bits per heavy atom. The molecule has 120 valence electrons. The van der Waals surface area contributed by atoms with Crippen molar-refractivity contribution in [3.8, 4) is 0 Å². The van der Waals surface area contributed by atoms with Crippen molar-refractivity contribution >= 4 is 24.2 Å². The lowest BCUT2D eigenvalue weighted by Gasteiger charge is -2.24. The zero-order valence-corrected chi connectivity index (χ0v) is 13.2. The third kappa shape index (κ3) is 4.33. The second kappa shape index (κ2) is 7.45. The SMILES string of the molecule is Cl.O=C(NCCNC(=O)C1CC2CCCCC2N1)C1CC1. The van der Waals surface area contributed by atoms with E-state index in [1.54, 1.807) is 0 Å². The van der Waals surface area contributed by atoms with Gasteiger partial charge in [0.2, 0.25) is 11.8 Å². The lowest BCUT2D eigenvalue weighted by molar-refractivity contribution is -0.124. The van der Waals surface area contributed by atoms with Gasteiger partial charge in [-0.3, -0.25) is 9.59 Å². The Bertz CT molecular complexity index is 373. The van der Waals surface area contributed by atoms with Crippen molar-refractivity contribution in [3.63, 3.8) is 0 Å². The van der Waals surface area contributed by atoms with Gasteiger partial charge in [-0.1, -0.05) is 12.8 Å². The van der Waals surface area contributed by atoms with Gasteiger partial charge in [-0.05, 0) is 38.0 Å². The van der Waals surface area contributed by atoms with E-state index in [0.29, 0.717) is 25.0 Å². The molecule has 2 saturated carbocycles. The number of rotatable bonds is 5. The largest absolute Gasteiger partial charge is 0.354 e. The first-order valence-electron chi connectivity index (χ1n) is 8.05. The van der Waals surface area contributed by atoms with Crippen LogP contribution in [-0.4, -0.2) is 37.0 Å². The van der Waals surface area contributed by atoms with Crippen molar-refractivity contribution in [2.75, 3.05) is 13.1 Å². The number of hydrogen-bond donors (Lipinski definition) is 3. The first-order chi connectivity index (χ1) is 9.74. The number of nitrogens with one attached hydrogen (secondary N) is 3. The van der Waals surface area contributed by atoms with E-state index in [1.807, 2.05) is 0 Å². The Morgan fingerprint density at radius 3 is 2.29 bits per heavy atom. The number of fused-ring (bicyclic) bond motifs is 1. The number of hydrogen-bond acceptors (Lipinski definition) is 3. The van der Waals surface area contributed by atoms with Crippen LogP contribution in [0.3, 0.4) is 0 Å². The van der Waals surface area contributed by atoms with Gasteiger partial charge in [0.05, 0.1) is 6.04 Å². The predicted octanol–water partition coefficient (Wildman–Crippen LogP) is 0.971. The minimum Gasteiger partial charge on any atom is -0.354 e. The lowest BCUT2D eigenvalue weighted by Crippen LogP contribution is -2.45. The lowest BCUT2D eigenvalue weighted by atomic mass is 9.85. The number of carbonyl (C=O) groups is 2. The van der Waals surface area contributed by atoms with Crippen LogP contribution in [0.2, 0.25) is 0 Å². The Morgan fingerprint density at radius 1 is 0.952 bits per heavy atom. The first kappa shape index (κ1) is 16.6. The molecule has 6 heteroatoms. The average Bonchev–Trinajstić information content (AvgIpc) is 3.21. The first-order valence-corrected chi connectivity index (χ1v) is 8.05. The summed E-state index contributed by atoms with van der Waals surface area (Å²) in [7, 11) is 0. The zero-order valence-electron chi connectivity index (χ0n) is 12.4. The topological polar surface area (TPSA) is 70.2 Å². The second-order valence-electron chi connectivity index (χ2n) is 6.46. The monoisotopic (exact) mass is 315 g/mol. The highest BCUT2D eigenvalue weighted by atomic mass is 35.5. The summed E-state index contributed by atoms with van der Waals surface area (Å²) in [6.07, 6.45) is 8.09. The van der Waals surface area contributed by atoms with Gasteiger partial charge in [-0.2, -0.15) is 0 Å². The van der Waals surface area contributed by atoms with Crippen molar-refractivity contribution in [1.29, 1.82) is 0 Å². The van der Waals surface area contributed by atoms with Crippen LogP contribution in [0.4, 0.5) is 0 Å². The summed E-state index contributed by atoms with van der Waals surface area (Å²) in [6.45, 7) is 1.07. The fourth-order valence-electron chi connectivity index (χ4n) is 3.51. The highest BCUT2D eigenvalue weighted by Gasteiger charge is 2.38. The molecule has 3 atom stereocenters. The molecule has 0 aromatic carbocycles. The van der Waals surface area contributed by atoms with E-state index in [9.17, 15) is 9.59 Å². The molecule has 0 bridgehead atoms. The minimum absolute atomic E-state index is 0. The van der Waals surface area contributed by atoms with Gasteiger partial charge in [0.25, 0.3) is 0 Å². The standard InChI is InChI=1S/C15H25N3O2.ClH/c19-14(10-5-6-10)16-7-8-17-15(20)13-9-11-3-1-2-4-12(11)18-13;/h10-13,18H,1-9H2,(H,16,19)(H,17,20);1H. The van der Waals surface area contributed by atoms with Crippen LogP contribution in [0.1, 0.15) is 44.9 Å². The average molecular weight is 316 g/mol. The van der Waals surface area contributed by atoms with Gasteiger partial charge in [-0.15, -0.1) is 12.4 Å². The van der Waals surface area contributed by atoms with E-state index in [4.69, 9.17) is 0 Å². The molecule has 3 unspecified atom stereocenters. The maximum Gasteiger partial charge on any atom is 0.237 e. The summed E-state index contributed by atoms with van der Waals surface area (Å²) < 4.78 is 0. The summed E-state index contributed by atoms with van der Waals surface area (Å²) >= 11 is 0. The zero-order chi connectivity index (χ0) is 13.9. The third-order valence-electron chi connectivity index (χ3n) is 4.85. The highest BCUT2D eigenvalue weighted by Crippen LogP contribution is 2.33. The Labute approximate surface area is 132 Å². The molecule has 1 saturated heterocycles. The maximum atomic E-state index is 12.1. The van der Waals surface area contributed by atoms with Crippen molar-refractivity contribution in [2.24, 2.45) is 11.8 Å². The van der Waals surface area contributed by atoms with Crippen LogP contribution in [-0.2, 0) is 9.59 Å². The summed E-state index contributed by atoms with van der Waals surface area (Å²) in [6, 6.07) is 0.524. The van der Waals surface area contributed by atoms with Gasteiger partial charge >= 0.3 is 0 Å². The second-order valence-corrected chi connectivity index (χ2v) is 6.46. The normalized spacial score (nSPS) is 31.0. The molecule has 5 nitrogen and oxygen atoms in total. The van der Waals surface area contributed by atoms with Crippen molar-refractivity contribution in [3.05, 3.63) is 0 Å². The van der Waals surface area contributed by atoms with E-state index < -0.39 is 0 Å². The van der Waals surface area contributed by atoms with E-state index in [0.717, 1.165) is 19.3 Å². The molecule has 1 aliphatic heterocycles. The highest BCUT2D eigenvalue weighted by molar-refractivity contribution is 5.85. The molecule has 2 aliphatic carbocycles. The third-order valence-corrected chi connectivity index (χ3v) is 4.85. The van der Waals surface area contributed by atoms with Crippen LogP contribution >= 0.6 is 12.4 Å². The smallest absolute Gasteiger partial charge is 0.237 e. The van der Waals surface area contributed by atoms with Gasteiger partial charge in [0.1, 0.15) is 0 Å². The van der Waals surface area contributed by atoms with Crippen LogP contribution in [0.15, 0.2) is 0 Å². The van der Waals surface area contributed by atoms with Gasteiger partial charge in [0, 0.05) is 25.0 Å². The van der Waals surface area contributed by atoms with Crippen molar-refractivity contribution in [2.45, 2.75) is 57.0 Å². The molecule has 3 aliphatic rings. The molecule has 0 aromatic heterocycles. The van der Waals surface area contributed by atoms with Gasteiger partial charge in [-0.25, -0.2) is 0 Å². The number of halogens is 1. The van der Waals surface area contributed by atoms with Crippen LogP contribution in [0.5, 0.6) is 0 Å². The summed E-state index contributed by atoms with van der Waals surface area (Å²) in [5.74, 6) is 1.17. The minimum atomic E-state index is -0.0257. The fourth-order valence-corrected chi connectivity index (χ4v) is 3.51. The Balaban J connectivity index is 0.00000161. The molecule has 0 spiro atoms. The van der Waals surface area contributed by atoms with E-state index in [-0.39, 0.29) is 36.2 Å². The molecule has 21 heavy (non-hydrogen) atoms. The Hall–Kier alpha value is -0.810. The van der Waals surface area contributed by atoms with Crippen LogP contribution in [0, 0.1) is 11.8 Å². The van der Waals surface area contributed by atoms with E-state index >= 15 is 0 Å². The van der Waals surface area contributed by atoms with E-state index in [1.165, 1.54) is 25.7 Å². The summed E-state index contributed by atoms with van der Waals surface area (Å²) in [4.78, 5) is 23.5. The Kier molecular flexibility index (Phi) is 5.88. The molecule has 0 radical (unpaired) electrons.